The van der Waals surface area contributed by atoms with E-state index in [2.05, 4.69) is 49.3 Å². The van der Waals surface area contributed by atoms with Gasteiger partial charge in [0.2, 0.25) is 0 Å². The third-order valence-electron chi connectivity index (χ3n) is 4.78. The highest BCUT2D eigenvalue weighted by Gasteiger charge is 2.29. The second kappa shape index (κ2) is 5.74. The number of aryl methyl sites for hydroxylation is 1. The van der Waals surface area contributed by atoms with Crippen molar-refractivity contribution in [2.24, 2.45) is 5.92 Å². The highest BCUT2D eigenvalue weighted by atomic mass is 16.5. The van der Waals surface area contributed by atoms with Crippen molar-refractivity contribution in [3.8, 4) is 5.75 Å². The summed E-state index contributed by atoms with van der Waals surface area (Å²) in [5.41, 5.74) is 2.71. The molecule has 0 aliphatic carbocycles. The highest BCUT2D eigenvalue weighted by molar-refractivity contribution is 5.40. The van der Waals surface area contributed by atoms with Gasteiger partial charge in [-0.25, -0.2) is 0 Å². The minimum absolute atomic E-state index is 0.338. The first-order valence-electron chi connectivity index (χ1n) is 7.81. The molecule has 3 heteroatoms. The Labute approximate surface area is 122 Å². The summed E-state index contributed by atoms with van der Waals surface area (Å²) in [4.78, 5) is 2.57. The van der Waals surface area contributed by atoms with E-state index in [1.807, 2.05) is 0 Å². The number of ether oxygens (including phenoxy) is 1. The number of hydrogen-bond donors (Lipinski definition) is 1. The fourth-order valence-electron chi connectivity index (χ4n) is 3.67. The molecule has 0 saturated carbocycles. The van der Waals surface area contributed by atoms with Crippen molar-refractivity contribution in [2.75, 3.05) is 26.7 Å². The van der Waals surface area contributed by atoms with Crippen molar-refractivity contribution in [1.82, 2.24) is 10.2 Å². The van der Waals surface area contributed by atoms with Crippen LogP contribution in [0.2, 0.25) is 0 Å². The first-order chi connectivity index (χ1) is 9.65. The lowest BCUT2D eigenvalue weighted by Gasteiger charge is -2.37. The van der Waals surface area contributed by atoms with Crippen molar-refractivity contribution in [2.45, 2.75) is 38.8 Å². The van der Waals surface area contributed by atoms with Crippen LogP contribution in [-0.2, 0) is 6.42 Å². The zero-order valence-corrected chi connectivity index (χ0v) is 12.9. The lowest BCUT2D eigenvalue weighted by atomic mass is 9.93. The van der Waals surface area contributed by atoms with Crippen LogP contribution in [0.25, 0.3) is 0 Å². The monoisotopic (exact) mass is 274 g/mol. The summed E-state index contributed by atoms with van der Waals surface area (Å²) >= 11 is 0. The topological polar surface area (TPSA) is 24.5 Å². The van der Waals surface area contributed by atoms with E-state index in [0.717, 1.165) is 24.6 Å². The molecule has 1 fully saturated rings. The molecule has 1 saturated heterocycles. The van der Waals surface area contributed by atoms with Gasteiger partial charge in [-0.15, -0.1) is 0 Å². The number of piperidine rings is 1. The number of likely N-dealkylation sites (tertiary alicyclic amines) is 1. The van der Waals surface area contributed by atoms with Crippen molar-refractivity contribution in [3.63, 3.8) is 0 Å². The van der Waals surface area contributed by atoms with Gasteiger partial charge in [0.25, 0.3) is 0 Å². The molecule has 110 valence electrons. The molecule has 2 aliphatic heterocycles. The van der Waals surface area contributed by atoms with Crippen molar-refractivity contribution < 1.29 is 4.74 Å². The lowest BCUT2D eigenvalue weighted by molar-refractivity contribution is 0.0995. The quantitative estimate of drug-likeness (QED) is 0.915. The Morgan fingerprint density at radius 1 is 1.40 bits per heavy atom. The summed E-state index contributed by atoms with van der Waals surface area (Å²) < 4.78 is 6.10. The highest BCUT2D eigenvalue weighted by Crippen LogP contribution is 2.30. The van der Waals surface area contributed by atoms with Gasteiger partial charge in [-0.1, -0.05) is 24.6 Å². The van der Waals surface area contributed by atoms with Crippen molar-refractivity contribution in [1.29, 1.82) is 0 Å². The van der Waals surface area contributed by atoms with E-state index in [-0.39, 0.29) is 0 Å². The summed E-state index contributed by atoms with van der Waals surface area (Å²) in [7, 11) is 2.08. The third kappa shape index (κ3) is 2.84. The Hall–Kier alpha value is -1.06. The van der Waals surface area contributed by atoms with Gasteiger partial charge in [-0.05, 0) is 44.5 Å². The van der Waals surface area contributed by atoms with E-state index < -0.39 is 0 Å². The minimum Gasteiger partial charge on any atom is -0.488 e. The van der Waals surface area contributed by atoms with Gasteiger partial charge < -0.3 is 10.1 Å². The Bertz CT molecular complexity index is 474. The van der Waals surface area contributed by atoms with E-state index in [9.17, 15) is 0 Å². The molecular weight excluding hydrogens is 248 g/mol. The fourth-order valence-corrected chi connectivity index (χ4v) is 3.67. The van der Waals surface area contributed by atoms with Crippen LogP contribution in [0.5, 0.6) is 5.75 Å². The molecule has 0 radical (unpaired) electrons. The van der Waals surface area contributed by atoms with Gasteiger partial charge in [-0.2, -0.15) is 0 Å². The second-order valence-corrected chi connectivity index (χ2v) is 6.48. The number of nitrogens with zero attached hydrogens (tertiary/aromatic N) is 1. The second-order valence-electron chi connectivity index (χ2n) is 6.48. The average Bonchev–Trinajstić information content (AvgIpc) is 2.80. The van der Waals surface area contributed by atoms with E-state index in [1.165, 1.54) is 30.6 Å². The van der Waals surface area contributed by atoms with Crippen LogP contribution in [0.15, 0.2) is 18.2 Å². The molecule has 20 heavy (non-hydrogen) atoms. The molecule has 2 aliphatic rings. The van der Waals surface area contributed by atoms with Gasteiger partial charge in [-0.3, -0.25) is 4.90 Å². The van der Waals surface area contributed by atoms with Crippen LogP contribution in [-0.4, -0.2) is 43.7 Å². The maximum absolute atomic E-state index is 6.10. The predicted molar refractivity (Wildman–Crippen MR) is 82.4 cm³/mol. The van der Waals surface area contributed by atoms with E-state index >= 15 is 0 Å². The summed E-state index contributed by atoms with van der Waals surface area (Å²) in [6.45, 7) is 7.93. The van der Waals surface area contributed by atoms with Gasteiger partial charge >= 0.3 is 0 Å². The Morgan fingerprint density at radius 2 is 2.25 bits per heavy atom. The third-order valence-corrected chi connectivity index (χ3v) is 4.78. The van der Waals surface area contributed by atoms with Crippen molar-refractivity contribution in [3.05, 3.63) is 29.3 Å². The Kier molecular flexibility index (Phi) is 3.99. The molecule has 0 bridgehead atoms. The molecule has 0 amide bonds. The van der Waals surface area contributed by atoms with Crippen LogP contribution in [0.1, 0.15) is 24.5 Å². The number of hydrogen-bond acceptors (Lipinski definition) is 3. The number of benzene rings is 1. The Balaban J connectivity index is 1.56. The van der Waals surface area contributed by atoms with Crippen LogP contribution < -0.4 is 10.1 Å². The van der Waals surface area contributed by atoms with Crippen LogP contribution in [0.4, 0.5) is 0 Å². The number of rotatable bonds is 3. The number of nitrogens with one attached hydrogen (secondary N) is 1. The van der Waals surface area contributed by atoms with Gasteiger partial charge in [0.15, 0.2) is 0 Å². The minimum atomic E-state index is 0.338. The molecule has 3 rings (SSSR count). The smallest absolute Gasteiger partial charge is 0.123 e. The van der Waals surface area contributed by atoms with Gasteiger partial charge in [0.1, 0.15) is 11.9 Å². The van der Waals surface area contributed by atoms with Crippen LogP contribution in [0, 0.1) is 12.8 Å². The predicted octanol–water partition coefficient (Wildman–Crippen LogP) is 2.23. The van der Waals surface area contributed by atoms with E-state index in [0.29, 0.717) is 12.1 Å². The molecule has 1 aromatic carbocycles. The summed E-state index contributed by atoms with van der Waals surface area (Å²) in [6, 6.07) is 7.21. The van der Waals surface area contributed by atoms with Crippen molar-refractivity contribution >= 4 is 0 Å². The largest absolute Gasteiger partial charge is 0.488 e. The summed E-state index contributed by atoms with van der Waals surface area (Å²) in [5, 5.41) is 3.43. The van der Waals surface area contributed by atoms with E-state index in [4.69, 9.17) is 4.74 Å². The molecule has 3 atom stereocenters. The number of fused-ring (bicyclic) bond motifs is 1. The maximum Gasteiger partial charge on any atom is 0.123 e. The fraction of sp³-hybridized carbons (Fsp3) is 0.647. The van der Waals surface area contributed by atoms with E-state index in [1.54, 1.807) is 0 Å². The molecule has 3 nitrogen and oxygen atoms in total. The van der Waals surface area contributed by atoms with Crippen LogP contribution >= 0.6 is 0 Å². The zero-order chi connectivity index (χ0) is 14.1. The first-order valence-corrected chi connectivity index (χ1v) is 7.81. The van der Waals surface area contributed by atoms with Gasteiger partial charge in [0, 0.05) is 25.6 Å². The summed E-state index contributed by atoms with van der Waals surface area (Å²) in [6.07, 6.45) is 2.65. The molecule has 0 spiro atoms. The van der Waals surface area contributed by atoms with Crippen LogP contribution in [0.3, 0.4) is 0 Å². The molecule has 1 aromatic rings. The molecule has 1 N–H and O–H groups in total. The standard InChI is InChI=1S/C17H26N2O/c1-12-4-5-17-14(8-12)9-15(20-17)11-19-7-6-16(18-3)13(2)10-19/h4-5,8,13,15-16,18H,6-7,9-11H2,1-3H3. The molecule has 2 heterocycles. The zero-order valence-electron chi connectivity index (χ0n) is 12.9. The SMILES string of the molecule is CNC1CCN(CC2Cc3cc(C)ccc3O2)CC1C. The normalized spacial score (nSPS) is 30.1. The molecular formula is C17H26N2O. The average molecular weight is 274 g/mol. The first kappa shape index (κ1) is 13.9. The lowest BCUT2D eigenvalue weighted by Crippen LogP contribution is -2.49. The molecule has 3 unspecified atom stereocenters. The Morgan fingerprint density at radius 3 is 3.00 bits per heavy atom. The van der Waals surface area contributed by atoms with Gasteiger partial charge in [0.05, 0.1) is 0 Å². The maximum atomic E-state index is 6.10. The summed E-state index contributed by atoms with van der Waals surface area (Å²) in [5.74, 6) is 1.82. The molecule has 0 aromatic heterocycles.